The largest absolute Gasteiger partial charge is 0.496 e. The third-order valence-corrected chi connectivity index (χ3v) is 2.62. The zero-order valence-electron chi connectivity index (χ0n) is 9.95. The minimum Gasteiger partial charge on any atom is -0.496 e. The highest BCUT2D eigenvalue weighted by Crippen LogP contribution is 2.31. The van der Waals surface area contributed by atoms with Crippen LogP contribution in [0, 0.1) is 0 Å². The summed E-state index contributed by atoms with van der Waals surface area (Å²) in [4.78, 5) is 2.18. The molecule has 0 aliphatic heterocycles. The molecule has 0 bridgehead atoms. The van der Waals surface area contributed by atoms with E-state index < -0.39 is 0 Å². The molecule has 0 aliphatic rings. The lowest BCUT2D eigenvalue weighted by Gasteiger charge is -2.25. The molecule has 0 aromatic heterocycles. The molecule has 1 atom stereocenters. The van der Waals surface area contributed by atoms with E-state index >= 15 is 0 Å². The van der Waals surface area contributed by atoms with Gasteiger partial charge >= 0.3 is 0 Å². The molecule has 0 heterocycles. The average Bonchev–Trinajstić information content (AvgIpc) is 2.18. The fourth-order valence-electron chi connectivity index (χ4n) is 1.88. The molecule has 2 N–H and O–H groups in total. The summed E-state index contributed by atoms with van der Waals surface area (Å²) in [5.74, 6) is 0.907. The van der Waals surface area contributed by atoms with E-state index in [-0.39, 0.29) is 0 Å². The van der Waals surface area contributed by atoms with Crippen molar-refractivity contribution in [2.45, 2.75) is 19.4 Å². The molecule has 1 aromatic carbocycles. The van der Waals surface area contributed by atoms with E-state index in [1.807, 2.05) is 18.2 Å². The monoisotopic (exact) mass is 208 g/mol. The van der Waals surface area contributed by atoms with Crippen molar-refractivity contribution in [2.24, 2.45) is 0 Å². The van der Waals surface area contributed by atoms with E-state index in [0.717, 1.165) is 23.4 Å². The van der Waals surface area contributed by atoms with Gasteiger partial charge in [-0.05, 0) is 38.7 Å². The average molecular weight is 208 g/mol. The molecule has 0 amide bonds. The van der Waals surface area contributed by atoms with Crippen LogP contribution in [0.2, 0.25) is 0 Å². The minimum absolute atomic E-state index is 0.350. The fourth-order valence-corrected chi connectivity index (χ4v) is 1.88. The Hall–Kier alpha value is -1.22. The van der Waals surface area contributed by atoms with Crippen molar-refractivity contribution in [3.05, 3.63) is 23.8 Å². The van der Waals surface area contributed by atoms with Crippen LogP contribution in [0.1, 0.15) is 24.9 Å². The first kappa shape index (κ1) is 11.9. The summed E-state index contributed by atoms with van der Waals surface area (Å²) in [6.07, 6.45) is 1.03. The van der Waals surface area contributed by atoms with Crippen LogP contribution < -0.4 is 10.5 Å². The maximum Gasteiger partial charge on any atom is 0.123 e. The van der Waals surface area contributed by atoms with Crippen molar-refractivity contribution in [1.29, 1.82) is 0 Å². The second-order valence-corrected chi connectivity index (χ2v) is 3.89. The molecule has 15 heavy (non-hydrogen) atoms. The van der Waals surface area contributed by atoms with Crippen LogP contribution in [0.15, 0.2) is 18.2 Å². The maximum atomic E-state index is 5.80. The van der Waals surface area contributed by atoms with E-state index in [1.54, 1.807) is 7.11 Å². The molecule has 84 valence electrons. The number of methoxy groups -OCH3 is 1. The predicted molar refractivity (Wildman–Crippen MR) is 64.1 cm³/mol. The van der Waals surface area contributed by atoms with Crippen molar-refractivity contribution < 1.29 is 4.74 Å². The summed E-state index contributed by atoms with van der Waals surface area (Å²) >= 11 is 0. The molecular weight excluding hydrogens is 188 g/mol. The van der Waals surface area contributed by atoms with Gasteiger partial charge in [0.25, 0.3) is 0 Å². The van der Waals surface area contributed by atoms with E-state index in [2.05, 4.69) is 25.9 Å². The van der Waals surface area contributed by atoms with Gasteiger partial charge in [0.2, 0.25) is 0 Å². The molecule has 0 radical (unpaired) electrons. The van der Waals surface area contributed by atoms with Gasteiger partial charge in [-0.25, -0.2) is 0 Å². The first-order chi connectivity index (χ1) is 7.10. The highest BCUT2D eigenvalue weighted by atomic mass is 16.5. The smallest absolute Gasteiger partial charge is 0.123 e. The van der Waals surface area contributed by atoms with Gasteiger partial charge in [-0.15, -0.1) is 0 Å². The number of benzene rings is 1. The second kappa shape index (κ2) is 5.03. The van der Waals surface area contributed by atoms with E-state index in [9.17, 15) is 0 Å². The molecule has 0 spiro atoms. The van der Waals surface area contributed by atoms with Crippen molar-refractivity contribution in [2.75, 3.05) is 26.9 Å². The topological polar surface area (TPSA) is 38.5 Å². The summed E-state index contributed by atoms with van der Waals surface area (Å²) in [6.45, 7) is 2.16. The summed E-state index contributed by atoms with van der Waals surface area (Å²) in [5, 5.41) is 0. The zero-order chi connectivity index (χ0) is 11.4. The normalized spacial score (nSPS) is 12.9. The van der Waals surface area contributed by atoms with Crippen LogP contribution in [0.5, 0.6) is 5.75 Å². The molecule has 3 heteroatoms. The molecule has 1 rings (SSSR count). The predicted octanol–water partition coefficient (Wildman–Crippen LogP) is 2.29. The molecule has 1 aromatic rings. The van der Waals surface area contributed by atoms with Crippen LogP contribution in [0.3, 0.4) is 0 Å². The highest BCUT2D eigenvalue weighted by Gasteiger charge is 2.16. The third kappa shape index (κ3) is 2.63. The van der Waals surface area contributed by atoms with Crippen molar-refractivity contribution in [3.8, 4) is 5.75 Å². The standard InChI is InChI=1S/C12H20N2O/c1-5-11(14(2)3)10-8-9(13)6-7-12(10)15-4/h6-8,11H,5,13H2,1-4H3. The highest BCUT2D eigenvalue weighted by molar-refractivity contribution is 5.49. The summed E-state index contributed by atoms with van der Waals surface area (Å²) in [7, 11) is 5.82. The van der Waals surface area contributed by atoms with Crippen molar-refractivity contribution in [3.63, 3.8) is 0 Å². The Morgan fingerprint density at radius 3 is 2.53 bits per heavy atom. The number of ether oxygens (including phenoxy) is 1. The number of nitrogens with two attached hydrogens (primary N) is 1. The number of nitrogen functional groups attached to an aromatic ring is 1. The Morgan fingerprint density at radius 2 is 2.07 bits per heavy atom. The van der Waals surface area contributed by atoms with Crippen molar-refractivity contribution >= 4 is 5.69 Å². The van der Waals surface area contributed by atoms with Gasteiger partial charge in [-0.2, -0.15) is 0 Å². The molecule has 0 saturated heterocycles. The van der Waals surface area contributed by atoms with Crippen LogP contribution in [-0.4, -0.2) is 26.1 Å². The Bertz CT molecular complexity index is 323. The summed E-state index contributed by atoms with van der Waals surface area (Å²) in [6, 6.07) is 6.14. The molecular formula is C12H20N2O. The quantitative estimate of drug-likeness (QED) is 0.771. The first-order valence-corrected chi connectivity index (χ1v) is 5.20. The molecule has 1 unspecified atom stereocenters. The second-order valence-electron chi connectivity index (χ2n) is 3.89. The number of hydrogen-bond donors (Lipinski definition) is 1. The number of hydrogen-bond acceptors (Lipinski definition) is 3. The lowest BCUT2D eigenvalue weighted by molar-refractivity contribution is 0.282. The van der Waals surface area contributed by atoms with Gasteiger partial charge in [-0.3, -0.25) is 0 Å². The van der Waals surface area contributed by atoms with Gasteiger partial charge in [0.15, 0.2) is 0 Å². The maximum absolute atomic E-state index is 5.80. The van der Waals surface area contributed by atoms with E-state index in [4.69, 9.17) is 10.5 Å². The Kier molecular flexibility index (Phi) is 3.97. The van der Waals surface area contributed by atoms with Crippen LogP contribution in [0.25, 0.3) is 0 Å². The lowest BCUT2D eigenvalue weighted by atomic mass is 10.0. The minimum atomic E-state index is 0.350. The van der Waals surface area contributed by atoms with E-state index in [1.165, 1.54) is 0 Å². The van der Waals surface area contributed by atoms with Crippen LogP contribution in [-0.2, 0) is 0 Å². The first-order valence-electron chi connectivity index (χ1n) is 5.20. The molecule has 0 aliphatic carbocycles. The van der Waals surface area contributed by atoms with Gasteiger partial charge in [0.05, 0.1) is 7.11 Å². The fraction of sp³-hybridized carbons (Fsp3) is 0.500. The molecule has 0 fully saturated rings. The van der Waals surface area contributed by atoms with Gasteiger partial charge in [0, 0.05) is 17.3 Å². The van der Waals surface area contributed by atoms with Gasteiger partial charge in [0.1, 0.15) is 5.75 Å². The number of rotatable bonds is 4. The number of nitrogens with zero attached hydrogens (tertiary/aromatic N) is 1. The zero-order valence-corrected chi connectivity index (χ0v) is 9.95. The molecule has 3 nitrogen and oxygen atoms in total. The lowest BCUT2D eigenvalue weighted by Crippen LogP contribution is -2.19. The summed E-state index contributed by atoms with van der Waals surface area (Å²) < 4.78 is 5.35. The third-order valence-electron chi connectivity index (χ3n) is 2.62. The summed E-state index contributed by atoms with van der Waals surface area (Å²) in [5.41, 5.74) is 7.74. The number of anilines is 1. The Labute approximate surface area is 91.8 Å². The van der Waals surface area contributed by atoms with Gasteiger partial charge < -0.3 is 15.4 Å². The van der Waals surface area contributed by atoms with Gasteiger partial charge in [-0.1, -0.05) is 6.92 Å². The van der Waals surface area contributed by atoms with Crippen molar-refractivity contribution in [1.82, 2.24) is 4.90 Å². The SMILES string of the molecule is CCC(c1cc(N)ccc1OC)N(C)C. The van der Waals surface area contributed by atoms with E-state index in [0.29, 0.717) is 6.04 Å². The van der Waals surface area contributed by atoms with Crippen LogP contribution >= 0.6 is 0 Å². The Morgan fingerprint density at radius 1 is 1.40 bits per heavy atom. The molecule has 0 saturated carbocycles. The van der Waals surface area contributed by atoms with Crippen LogP contribution in [0.4, 0.5) is 5.69 Å². The Balaban J connectivity index is 3.13.